The van der Waals surface area contributed by atoms with Crippen LogP contribution in [0.25, 0.3) is 0 Å². The Kier molecular flexibility index (Phi) is 69.1. The summed E-state index contributed by atoms with van der Waals surface area (Å²) in [6, 6.07) is 0. The lowest BCUT2D eigenvalue weighted by Gasteiger charge is -2.21. The summed E-state index contributed by atoms with van der Waals surface area (Å²) in [6.45, 7) is 4.97. The minimum absolute atomic E-state index is 0.108. The second kappa shape index (κ2) is 70.5. The maximum absolute atomic E-state index is 13.1. The van der Waals surface area contributed by atoms with Crippen LogP contribution >= 0.6 is 15.6 Å². The highest BCUT2D eigenvalue weighted by Crippen LogP contribution is 2.45. The highest BCUT2D eigenvalue weighted by Gasteiger charge is 2.30. The molecule has 0 saturated carbocycles. The average molecular weight is 1400 g/mol. The van der Waals surface area contributed by atoms with E-state index in [0.717, 1.165) is 89.9 Å². The third-order valence-electron chi connectivity index (χ3n) is 17.9. The summed E-state index contributed by atoms with van der Waals surface area (Å²) in [5, 5.41) is 10.6. The van der Waals surface area contributed by atoms with Crippen molar-refractivity contribution >= 4 is 39.5 Å². The van der Waals surface area contributed by atoms with E-state index in [9.17, 15) is 43.2 Å². The minimum Gasteiger partial charge on any atom is -0.462 e. The van der Waals surface area contributed by atoms with E-state index < -0.39 is 97.5 Å². The standard InChI is InChI=1S/C76H148O17P2/c1-5-9-13-17-21-25-28-30-32-34-35-36-38-40-43-47-51-55-59-63-76(81)93-72(67-87-74(79)61-57-53-49-45-42-39-37-33-31-29-26-22-18-14-10-6-2)69-91-95(84,85)89-65-70(77)64-88-94(82,83)90-68-71(66-86-73(78)60-56-52-48-44-24-20-16-12-8-4)92-75(80)62-58-54-50-46-41-27-23-19-15-11-7-3/h70-72,77H,5-69H2,1-4H3,(H,82,83)(H,84,85)/t70-,71+,72+/m0/s1. The molecule has 2 unspecified atom stereocenters. The SMILES string of the molecule is CCCCCCCCCCCCCCCCCCCCCC(=O)O[C@H](COC(=O)CCCCCCCCCCCCCCCCCC)COP(=O)(O)OC[C@@H](O)COP(=O)(O)OC[C@@H](COC(=O)CCCCCCCCCCC)OC(=O)CCCCCCCCCCCCC. The first-order valence-electron chi connectivity index (χ1n) is 39.8. The van der Waals surface area contributed by atoms with E-state index in [4.69, 9.17) is 37.0 Å². The first kappa shape index (κ1) is 93.1. The van der Waals surface area contributed by atoms with Gasteiger partial charge < -0.3 is 33.8 Å². The van der Waals surface area contributed by atoms with Crippen LogP contribution in [0.3, 0.4) is 0 Å². The predicted molar refractivity (Wildman–Crippen MR) is 386 cm³/mol. The predicted octanol–water partition coefficient (Wildman–Crippen LogP) is 22.6. The Morgan fingerprint density at radius 1 is 0.253 bits per heavy atom. The quantitative estimate of drug-likeness (QED) is 0.0222. The molecule has 95 heavy (non-hydrogen) atoms. The summed E-state index contributed by atoms with van der Waals surface area (Å²) in [7, 11) is -9.90. The van der Waals surface area contributed by atoms with E-state index in [2.05, 4.69) is 27.7 Å². The zero-order chi connectivity index (χ0) is 69.7. The smallest absolute Gasteiger partial charge is 0.462 e. The summed E-state index contributed by atoms with van der Waals surface area (Å²) in [5.74, 6) is -2.11. The van der Waals surface area contributed by atoms with Crippen LogP contribution in [0.2, 0.25) is 0 Å². The van der Waals surface area contributed by atoms with Crippen molar-refractivity contribution in [1.82, 2.24) is 0 Å². The fraction of sp³-hybridized carbons (Fsp3) is 0.947. The fourth-order valence-electron chi connectivity index (χ4n) is 11.8. The number of esters is 4. The molecule has 19 heteroatoms. The molecule has 17 nitrogen and oxygen atoms in total. The van der Waals surface area contributed by atoms with Crippen molar-refractivity contribution in [3.63, 3.8) is 0 Å². The number of ether oxygens (including phenoxy) is 4. The van der Waals surface area contributed by atoms with Crippen LogP contribution in [0.15, 0.2) is 0 Å². The topological polar surface area (TPSA) is 237 Å². The van der Waals surface area contributed by atoms with Gasteiger partial charge in [0.25, 0.3) is 0 Å². The van der Waals surface area contributed by atoms with Crippen molar-refractivity contribution in [1.29, 1.82) is 0 Å². The molecule has 0 radical (unpaired) electrons. The normalized spacial score (nSPS) is 13.9. The number of phosphoric ester groups is 2. The third kappa shape index (κ3) is 70.3. The highest BCUT2D eigenvalue weighted by molar-refractivity contribution is 7.47. The summed E-state index contributed by atoms with van der Waals surface area (Å²) in [6.07, 6.45) is 61.0. The van der Waals surface area contributed by atoms with Gasteiger partial charge in [0.05, 0.1) is 26.4 Å². The third-order valence-corrected chi connectivity index (χ3v) is 19.8. The molecular formula is C76H148O17P2. The first-order chi connectivity index (χ1) is 46.2. The number of aliphatic hydroxyl groups excluding tert-OH is 1. The van der Waals surface area contributed by atoms with E-state index in [0.29, 0.717) is 25.7 Å². The molecule has 0 bridgehead atoms. The number of carbonyl (C=O) groups excluding carboxylic acids is 4. The van der Waals surface area contributed by atoms with Crippen LogP contribution in [0.1, 0.15) is 407 Å². The van der Waals surface area contributed by atoms with Crippen molar-refractivity contribution in [3.8, 4) is 0 Å². The van der Waals surface area contributed by atoms with E-state index in [1.54, 1.807) is 0 Å². The molecule has 0 saturated heterocycles. The molecule has 0 heterocycles. The molecule has 564 valence electrons. The monoisotopic (exact) mass is 1400 g/mol. The summed E-state index contributed by atoms with van der Waals surface area (Å²) in [4.78, 5) is 72.7. The molecule has 0 aromatic heterocycles. The molecule has 0 aliphatic carbocycles. The molecular weight excluding hydrogens is 1250 g/mol. The number of carbonyl (C=O) groups is 4. The van der Waals surface area contributed by atoms with E-state index in [-0.39, 0.29) is 25.7 Å². The van der Waals surface area contributed by atoms with Crippen LogP contribution < -0.4 is 0 Å². The molecule has 0 rings (SSSR count). The Bertz CT molecular complexity index is 1810. The Labute approximate surface area is 581 Å². The van der Waals surface area contributed by atoms with Crippen LogP contribution in [-0.4, -0.2) is 96.7 Å². The molecule has 3 N–H and O–H groups in total. The lowest BCUT2D eigenvalue weighted by Crippen LogP contribution is -2.30. The lowest BCUT2D eigenvalue weighted by molar-refractivity contribution is -0.161. The summed E-state index contributed by atoms with van der Waals surface area (Å²) < 4.78 is 68.5. The number of rotatable bonds is 77. The van der Waals surface area contributed by atoms with Gasteiger partial charge in [0.2, 0.25) is 0 Å². The van der Waals surface area contributed by atoms with Crippen LogP contribution in [0.5, 0.6) is 0 Å². The van der Waals surface area contributed by atoms with Crippen molar-refractivity contribution in [2.75, 3.05) is 39.6 Å². The van der Waals surface area contributed by atoms with Gasteiger partial charge in [-0.1, -0.05) is 355 Å². The van der Waals surface area contributed by atoms with Crippen LogP contribution in [0, 0.1) is 0 Å². The van der Waals surface area contributed by atoms with Gasteiger partial charge in [0.15, 0.2) is 12.2 Å². The van der Waals surface area contributed by atoms with Gasteiger partial charge in [0, 0.05) is 25.7 Å². The van der Waals surface area contributed by atoms with Gasteiger partial charge in [-0.15, -0.1) is 0 Å². The van der Waals surface area contributed by atoms with E-state index >= 15 is 0 Å². The van der Waals surface area contributed by atoms with Crippen LogP contribution in [-0.2, 0) is 65.4 Å². The number of hydrogen-bond donors (Lipinski definition) is 3. The fourth-order valence-corrected chi connectivity index (χ4v) is 13.3. The first-order valence-corrected chi connectivity index (χ1v) is 42.8. The number of phosphoric acid groups is 2. The van der Waals surface area contributed by atoms with Crippen molar-refractivity contribution in [2.24, 2.45) is 0 Å². The van der Waals surface area contributed by atoms with Gasteiger partial charge in [-0.2, -0.15) is 0 Å². The summed E-state index contributed by atoms with van der Waals surface area (Å²) >= 11 is 0. The average Bonchev–Trinajstić information content (AvgIpc) is 1.91. The van der Waals surface area contributed by atoms with E-state index in [1.807, 2.05) is 0 Å². The Balaban J connectivity index is 5.20. The Morgan fingerprint density at radius 3 is 0.621 bits per heavy atom. The number of aliphatic hydroxyl groups is 1. The van der Waals surface area contributed by atoms with Gasteiger partial charge in [0.1, 0.15) is 19.3 Å². The minimum atomic E-state index is -4.96. The molecule has 0 aromatic carbocycles. The maximum Gasteiger partial charge on any atom is 0.472 e. The molecule has 0 spiro atoms. The molecule has 0 aliphatic rings. The van der Waals surface area contributed by atoms with Crippen molar-refractivity contribution < 1.29 is 80.2 Å². The van der Waals surface area contributed by atoms with Gasteiger partial charge in [-0.25, -0.2) is 9.13 Å². The summed E-state index contributed by atoms with van der Waals surface area (Å²) in [5.41, 5.74) is 0. The van der Waals surface area contributed by atoms with E-state index in [1.165, 1.54) is 238 Å². The zero-order valence-electron chi connectivity index (χ0n) is 61.6. The second-order valence-electron chi connectivity index (χ2n) is 27.4. The molecule has 5 atom stereocenters. The van der Waals surface area contributed by atoms with Crippen molar-refractivity contribution in [2.45, 2.75) is 425 Å². The van der Waals surface area contributed by atoms with Gasteiger partial charge in [-0.05, 0) is 25.7 Å². The molecule has 0 fully saturated rings. The Hall–Kier alpha value is -1.94. The van der Waals surface area contributed by atoms with Gasteiger partial charge in [-0.3, -0.25) is 37.3 Å². The lowest BCUT2D eigenvalue weighted by atomic mass is 10.0. The number of unbranched alkanes of at least 4 members (excludes halogenated alkanes) is 51. The second-order valence-corrected chi connectivity index (χ2v) is 30.3. The number of hydrogen-bond acceptors (Lipinski definition) is 15. The zero-order valence-corrected chi connectivity index (χ0v) is 63.4. The Morgan fingerprint density at radius 2 is 0.421 bits per heavy atom. The maximum atomic E-state index is 13.1. The molecule has 0 aromatic rings. The molecule has 0 aliphatic heterocycles. The largest absolute Gasteiger partial charge is 0.472 e. The van der Waals surface area contributed by atoms with Crippen LogP contribution in [0.4, 0.5) is 0 Å². The highest BCUT2D eigenvalue weighted by atomic mass is 31.2. The van der Waals surface area contributed by atoms with Gasteiger partial charge >= 0.3 is 39.5 Å². The van der Waals surface area contributed by atoms with Crippen molar-refractivity contribution in [3.05, 3.63) is 0 Å². The molecule has 0 amide bonds.